The van der Waals surface area contributed by atoms with Crippen molar-refractivity contribution in [2.24, 2.45) is 0 Å². The van der Waals surface area contributed by atoms with Crippen molar-refractivity contribution in [2.45, 2.75) is 70.3 Å². The molecule has 0 saturated heterocycles. The molecule has 2 aliphatic rings. The van der Waals surface area contributed by atoms with Crippen LogP contribution in [0.1, 0.15) is 64.2 Å². The quantitative estimate of drug-likeness (QED) is 0.676. The highest BCUT2D eigenvalue weighted by Crippen LogP contribution is 2.22. The molecule has 0 bridgehead atoms. The third-order valence-corrected chi connectivity index (χ3v) is 3.91. The first-order valence-electron chi connectivity index (χ1n) is 7.98. The second kappa shape index (κ2) is 9.01. The Morgan fingerprint density at radius 3 is 1.89 bits per heavy atom. The smallest absolute Gasteiger partial charge is 0.119 e. The van der Waals surface area contributed by atoms with E-state index in [2.05, 4.69) is 6.42 Å². The third-order valence-electron chi connectivity index (χ3n) is 3.91. The minimum atomic E-state index is 0.469. The van der Waals surface area contributed by atoms with Crippen LogP contribution in [0, 0.1) is 6.42 Å². The van der Waals surface area contributed by atoms with Gasteiger partial charge >= 0.3 is 0 Å². The fourth-order valence-corrected chi connectivity index (χ4v) is 2.77. The Hall–Kier alpha value is -0.980. The topological polar surface area (TPSA) is 9.23 Å². The summed E-state index contributed by atoms with van der Waals surface area (Å²) in [5.74, 6) is 1.02. The molecule has 0 unspecified atom stereocenters. The maximum atomic E-state index is 5.86. The molecule has 1 nitrogen and oxygen atoms in total. The summed E-state index contributed by atoms with van der Waals surface area (Å²) in [5.41, 5.74) is 0. The molecule has 3 rings (SSSR count). The Morgan fingerprint density at radius 2 is 1.37 bits per heavy atom. The van der Waals surface area contributed by atoms with Gasteiger partial charge in [-0.05, 0) is 44.2 Å². The maximum Gasteiger partial charge on any atom is 0.119 e. The lowest BCUT2D eigenvalue weighted by Gasteiger charge is -2.22. The highest BCUT2D eigenvalue weighted by molar-refractivity contribution is 5.21. The molecule has 2 aliphatic carbocycles. The lowest BCUT2D eigenvalue weighted by Crippen LogP contribution is -2.19. The van der Waals surface area contributed by atoms with E-state index in [1.165, 1.54) is 64.2 Å². The molecule has 105 valence electrons. The molecule has 0 aliphatic heterocycles. The van der Waals surface area contributed by atoms with E-state index in [-0.39, 0.29) is 0 Å². The van der Waals surface area contributed by atoms with E-state index in [4.69, 9.17) is 4.74 Å². The van der Waals surface area contributed by atoms with Crippen molar-refractivity contribution in [3.05, 3.63) is 36.8 Å². The lowest BCUT2D eigenvalue weighted by atomic mass is 9.98. The predicted molar refractivity (Wildman–Crippen MR) is 81.3 cm³/mol. The van der Waals surface area contributed by atoms with Gasteiger partial charge in [0.15, 0.2) is 0 Å². The molecule has 2 saturated carbocycles. The predicted octanol–water partition coefficient (Wildman–Crippen LogP) is 5.55. The Morgan fingerprint density at radius 1 is 0.737 bits per heavy atom. The van der Waals surface area contributed by atoms with Gasteiger partial charge < -0.3 is 4.74 Å². The summed E-state index contributed by atoms with van der Waals surface area (Å²) in [7, 11) is 0. The van der Waals surface area contributed by atoms with Crippen LogP contribution >= 0.6 is 0 Å². The highest BCUT2D eigenvalue weighted by Gasteiger charge is 2.14. The van der Waals surface area contributed by atoms with E-state index in [0.29, 0.717) is 6.10 Å². The Bertz CT molecular complexity index is 298. The first kappa shape index (κ1) is 14.4. The van der Waals surface area contributed by atoms with Crippen molar-refractivity contribution in [3.63, 3.8) is 0 Å². The molecule has 0 atom stereocenters. The average Bonchev–Trinajstić information content (AvgIpc) is 2.52. The second-order valence-electron chi connectivity index (χ2n) is 5.62. The van der Waals surface area contributed by atoms with E-state index in [9.17, 15) is 0 Å². The molecule has 2 fully saturated rings. The van der Waals surface area contributed by atoms with E-state index in [0.717, 1.165) is 5.75 Å². The number of hydrogen-bond donors (Lipinski definition) is 0. The molecule has 0 amide bonds. The van der Waals surface area contributed by atoms with Gasteiger partial charge in [-0.3, -0.25) is 0 Å². The van der Waals surface area contributed by atoms with Gasteiger partial charge in [-0.1, -0.05) is 56.7 Å². The van der Waals surface area contributed by atoms with Gasteiger partial charge in [0.1, 0.15) is 5.75 Å². The summed E-state index contributed by atoms with van der Waals surface area (Å²) in [6.45, 7) is 0. The summed E-state index contributed by atoms with van der Waals surface area (Å²) < 4.78 is 5.86. The number of hydrogen-bond acceptors (Lipinski definition) is 1. The minimum absolute atomic E-state index is 0.469. The molecule has 1 aromatic rings. The molecule has 0 spiro atoms. The van der Waals surface area contributed by atoms with Crippen LogP contribution in [0.5, 0.6) is 5.75 Å². The van der Waals surface area contributed by atoms with Crippen LogP contribution in [0.2, 0.25) is 0 Å². The van der Waals surface area contributed by atoms with Crippen LogP contribution in [0.4, 0.5) is 0 Å². The summed E-state index contributed by atoms with van der Waals surface area (Å²) in [6, 6.07) is 10.1. The standard InChI is InChI=1S/C12H16O.C6H11/c1-3-7-11(8-4-1)13-12-9-5-2-6-10-12;1-2-4-6-5-3-1/h1,3-4,7-8,12H,2,5-6,9-10H2;1H,2-6H2. The fraction of sp³-hybridized carbons (Fsp3) is 0.611. The van der Waals surface area contributed by atoms with Crippen LogP contribution in [-0.4, -0.2) is 6.10 Å². The minimum Gasteiger partial charge on any atom is -0.490 e. The van der Waals surface area contributed by atoms with Gasteiger partial charge in [0.25, 0.3) is 0 Å². The van der Waals surface area contributed by atoms with E-state index in [1.54, 1.807) is 0 Å². The molecule has 1 radical (unpaired) electrons. The normalized spacial score (nSPS) is 20.2. The number of rotatable bonds is 2. The van der Waals surface area contributed by atoms with E-state index < -0.39 is 0 Å². The van der Waals surface area contributed by atoms with Gasteiger partial charge in [0, 0.05) is 0 Å². The third kappa shape index (κ3) is 6.13. The highest BCUT2D eigenvalue weighted by atomic mass is 16.5. The molecule has 1 heteroatoms. The SMILES string of the molecule is [CH]1CCCCC1.c1ccc(OC2CCCCC2)cc1. The van der Waals surface area contributed by atoms with Crippen molar-refractivity contribution >= 4 is 0 Å². The average molecular weight is 259 g/mol. The Kier molecular flexibility index (Phi) is 6.84. The maximum absolute atomic E-state index is 5.86. The van der Waals surface area contributed by atoms with Gasteiger partial charge in [-0.25, -0.2) is 0 Å². The zero-order valence-corrected chi connectivity index (χ0v) is 12.0. The van der Waals surface area contributed by atoms with Crippen molar-refractivity contribution < 1.29 is 4.74 Å². The van der Waals surface area contributed by atoms with Crippen LogP contribution < -0.4 is 4.74 Å². The van der Waals surface area contributed by atoms with E-state index in [1.807, 2.05) is 30.3 Å². The summed E-state index contributed by atoms with van der Waals surface area (Å²) >= 11 is 0. The van der Waals surface area contributed by atoms with Gasteiger partial charge in [0.2, 0.25) is 0 Å². The number of benzene rings is 1. The Balaban J connectivity index is 0.000000186. The Labute approximate surface area is 118 Å². The fourth-order valence-electron chi connectivity index (χ4n) is 2.77. The monoisotopic (exact) mass is 259 g/mol. The van der Waals surface area contributed by atoms with Gasteiger partial charge in [-0.15, -0.1) is 0 Å². The largest absolute Gasteiger partial charge is 0.490 e. The first-order chi connectivity index (χ1) is 9.45. The van der Waals surface area contributed by atoms with Crippen molar-refractivity contribution in [1.82, 2.24) is 0 Å². The molecule has 1 aromatic carbocycles. The van der Waals surface area contributed by atoms with Crippen molar-refractivity contribution in [1.29, 1.82) is 0 Å². The molecule has 19 heavy (non-hydrogen) atoms. The molecule has 0 heterocycles. The number of ether oxygens (including phenoxy) is 1. The summed E-state index contributed by atoms with van der Waals surface area (Å²) in [6.07, 6.45) is 16.5. The molecular weight excluding hydrogens is 232 g/mol. The van der Waals surface area contributed by atoms with Crippen molar-refractivity contribution in [2.75, 3.05) is 0 Å². The van der Waals surface area contributed by atoms with Crippen LogP contribution in [0.25, 0.3) is 0 Å². The van der Waals surface area contributed by atoms with Crippen molar-refractivity contribution in [3.8, 4) is 5.75 Å². The van der Waals surface area contributed by atoms with Gasteiger partial charge in [-0.2, -0.15) is 0 Å². The van der Waals surface area contributed by atoms with Crippen LogP contribution in [0.3, 0.4) is 0 Å². The van der Waals surface area contributed by atoms with Crippen LogP contribution in [0.15, 0.2) is 30.3 Å². The zero-order chi connectivity index (χ0) is 13.2. The van der Waals surface area contributed by atoms with Gasteiger partial charge in [0.05, 0.1) is 6.10 Å². The zero-order valence-electron chi connectivity index (χ0n) is 12.0. The van der Waals surface area contributed by atoms with Crippen LogP contribution in [-0.2, 0) is 0 Å². The lowest BCUT2D eigenvalue weighted by molar-refractivity contribution is 0.155. The number of para-hydroxylation sites is 1. The van der Waals surface area contributed by atoms with E-state index >= 15 is 0 Å². The summed E-state index contributed by atoms with van der Waals surface area (Å²) in [4.78, 5) is 0. The molecule has 0 aromatic heterocycles. The molecule has 0 N–H and O–H groups in total. The summed E-state index contributed by atoms with van der Waals surface area (Å²) in [5, 5.41) is 0. The second-order valence-corrected chi connectivity index (χ2v) is 5.62. The first-order valence-corrected chi connectivity index (χ1v) is 7.98. The molecular formula is C18H27O.